The summed E-state index contributed by atoms with van der Waals surface area (Å²) in [5.41, 5.74) is 0.547. The first-order valence-electron chi connectivity index (χ1n) is 7.40. The molecule has 0 amide bonds. The van der Waals surface area contributed by atoms with Crippen LogP contribution in [-0.2, 0) is 0 Å². The summed E-state index contributed by atoms with van der Waals surface area (Å²) < 4.78 is 0. The molecule has 3 unspecified atom stereocenters. The Morgan fingerprint density at radius 1 is 1.10 bits per heavy atom. The summed E-state index contributed by atoms with van der Waals surface area (Å²) in [5, 5.41) is 4.60. The zero-order valence-electron chi connectivity index (χ0n) is 11.4. The fraction of sp³-hybridized carbons (Fsp3) is 0.562. The van der Waals surface area contributed by atoms with Crippen LogP contribution in [0.5, 0.6) is 0 Å². The molecule has 1 aliphatic carbocycles. The maximum atomic E-state index is 12.6. The molecule has 2 nitrogen and oxygen atoms in total. The molecule has 0 bridgehead atoms. The number of carbonyl (C=O) groups is 1. The summed E-state index contributed by atoms with van der Waals surface area (Å²) >= 11 is 12.1. The van der Waals surface area contributed by atoms with Crippen molar-refractivity contribution in [2.24, 2.45) is 5.92 Å². The molecule has 1 saturated heterocycles. The van der Waals surface area contributed by atoms with Gasteiger partial charge in [0.05, 0.1) is 11.1 Å². The van der Waals surface area contributed by atoms with Crippen LogP contribution in [0.4, 0.5) is 0 Å². The van der Waals surface area contributed by atoms with Gasteiger partial charge in [0.1, 0.15) is 0 Å². The molecule has 1 saturated carbocycles. The molecule has 1 aliphatic heterocycles. The molecule has 2 aliphatic rings. The largest absolute Gasteiger partial charge is 0.304 e. The van der Waals surface area contributed by atoms with Crippen molar-refractivity contribution in [3.63, 3.8) is 0 Å². The van der Waals surface area contributed by atoms with Gasteiger partial charge in [0.15, 0.2) is 5.78 Å². The maximum Gasteiger partial charge on any atom is 0.181 e. The monoisotopic (exact) mass is 311 g/mol. The number of hydrogen-bond acceptors (Lipinski definition) is 2. The van der Waals surface area contributed by atoms with Crippen molar-refractivity contribution in [1.82, 2.24) is 5.32 Å². The molecular weight excluding hydrogens is 293 g/mol. The summed E-state index contributed by atoms with van der Waals surface area (Å²) in [7, 11) is 0. The molecule has 1 aromatic carbocycles. The Labute approximate surface area is 129 Å². The highest BCUT2D eigenvalue weighted by Crippen LogP contribution is 2.33. The number of Topliss-reactive ketones (excluding diaryl/α,β-unsaturated/α-hetero) is 1. The predicted molar refractivity (Wildman–Crippen MR) is 82.7 cm³/mol. The molecule has 1 aromatic rings. The van der Waals surface area contributed by atoms with Crippen molar-refractivity contribution in [1.29, 1.82) is 0 Å². The van der Waals surface area contributed by atoms with Crippen molar-refractivity contribution >= 4 is 29.0 Å². The summed E-state index contributed by atoms with van der Waals surface area (Å²) in [5.74, 6) is 0.837. The van der Waals surface area contributed by atoms with Crippen molar-refractivity contribution in [2.45, 2.75) is 50.6 Å². The lowest BCUT2D eigenvalue weighted by Crippen LogP contribution is -2.52. The van der Waals surface area contributed by atoms with Crippen LogP contribution in [0.3, 0.4) is 0 Å². The van der Waals surface area contributed by atoms with Gasteiger partial charge in [0, 0.05) is 16.6 Å². The second-order valence-corrected chi connectivity index (χ2v) is 6.78. The van der Waals surface area contributed by atoms with E-state index in [-0.39, 0.29) is 11.8 Å². The number of carbonyl (C=O) groups excluding carboxylic acids is 1. The lowest BCUT2D eigenvalue weighted by Gasteiger charge is -2.40. The number of nitrogens with one attached hydrogen (secondary N) is 1. The van der Waals surface area contributed by atoms with Gasteiger partial charge in [-0.15, -0.1) is 0 Å². The second kappa shape index (κ2) is 6.05. The van der Waals surface area contributed by atoms with Gasteiger partial charge in [-0.25, -0.2) is 0 Å². The molecular formula is C16H19Cl2NO. The number of ketones is 1. The first kappa shape index (κ1) is 14.4. The highest BCUT2D eigenvalue weighted by atomic mass is 35.5. The van der Waals surface area contributed by atoms with E-state index in [0.29, 0.717) is 21.7 Å². The summed E-state index contributed by atoms with van der Waals surface area (Å²) in [6.07, 6.45) is 7.15. The second-order valence-electron chi connectivity index (χ2n) is 5.94. The average molecular weight is 312 g/mol. The number of hydrogen-bond donors (Lipinski definition) is 1. The van der Waals surface area contributed by atoms with Crippen LogP contribution in [-0.4, -0.2) is 17.9 Å². The van der Waals surface area contributed by atoms with Gasteiger partial charge in [-0.05, 0) is 49.8 Å². The highest BCUT2D eigenvalue weighted by molar-refractivity contribution is 6.36. The first-order chi connectivity index (χ1) is 9.65. The van der Waals surface area contributed by atoms with Crippen molar-refractivity contribution in [3.8, 4) is 0 Å². The Morgan fingerprint density at radius 3 is 2.75 bits per heavy atom. The highest BCUT2D eigenvalue weighted by Gasteiger charge is 2.35. The molecule has 1 N–H and O–H groups in total. The van der Waals surface area contributed by atoms with Crippen LogP contribution < -0.4 is 5.32 Å². The molecule has 0 radical (unpaired) electrons. The minimum atomic E-state index is -0.106. The zero-order chi connectivity index (χ0) is 14.1. The van der Waals surface area contributed by atoms with Gasteiger partial charge in [-0.2, -0.15) is 0 Å². The molecule has 2 fully saturated rings. The minimum Gasteiger partial charge on any atom is -0.304 e. The van der Waals surface area contributed by atoms with Gasteiger partial charge in [0.2, 0.25) is 0 Å². The Balaban J connectivity index is 1.76. The molecule has 4 heteroatoms. The van der Waals surface area contributed by atoms with Crippen LogP contribution in [0.1, 0.15) is 48.9 Å². The van der Waals surface area contributed by atoms with E-state index in [2.05, 4.69) is 5.32 Å². The number of benzene rings is 1. The van der Waals surface area contributed by atoms with Crippen LogP contribution in [0, 0.1) is 5.92 Å². The number of halogens is 2. The average Bonchev–Trinajstić information content (AvgIpc) is 2.48. The van der Waals surface area contributed by atoms with E-state index in [1.165, 1.54) is 25.7 Å². The third-order valence-corrected chi connectivity index (χ3v) is 5.23. The minimum absolute atomic E-state index is 0.0847. The van der Waals surface area contributed by atoms with Gasteiger partial charge < -0.3 is 5.32 Å². The van der Waals surface area contributed by atoms with E-state index >= 15 is 0 Å². The van der Waals surface area contributed by atoms with E-state index in [9.17, 15) is 4.79 Å². The summed E-state index contributed by atoms with van der Waals surface area (Å²) in [6, 6.07) is 5.49. The topological polar surface area (TPSA) is 29.1 Å². The van der Waals surface area contributed by atoms with Crippen LogP contribution in [0.15, 0.2) is 18.2 Å². The molecule has 0 spiro atoms. The standard InChI is InChI=1S/C16H19Cl2NO/c17-11-6-7-13(18)12(9-11)16(20)15-8-5-10-3-1-2-4-14(10)19-15/h6-7,9-10,14-15,19H,1-5,8H2. The van der Waals surface area contributed by atoms with Crippen LogP contribution >= 0.6 is 23.2 Å². The third-order valence-electron chi connectivity index (χ3n) is 4.66. The van der Waals surface area contributed by atoms with Gasteiger partial charge in [-0.3, -0.25) is 4.79 Å². The van der Waals surface area contributed by atoms with Gasteiger partial charge in [-0.1, -0.05) is 36.0 Å². The number of rotatable bonds is 2. The van der Waals surface area contributed by atoms with Gasteiger partial charge in [0.25, 0.3) is 0 Å². The first-order valence-corrected chi connectivity index (χ1v) is 8.16. The normalized spacial score (nSPS) is 29.8. The summed E-state index contributed by atoms with van der Waals surface area (Å²) in [4.78, 5) is 12.6. The Morgan fingerprint density at radius 2 is 1.90 bits per heavy atom. The molecule has 108 valence electrons. The molecule has 3 rings (SSSR count). The molecule has 20 heavy (non-hydrogen) atoms. The Kier molecular flexibility index (Phi) is 4.34. The smallest absolute Gasteiger partial charge is 0.181 e. The predicted octanol–water partition coefficient (Wildman–Crippen LogP) is 4.49. The molecule has 0 aromatic heterocycles. The van der Waals surface area contributed by atoms with E-state index < -0.39 is 0 Å². The van der Waals surface area contributed by atoms with E-state index in [1.807, 2.05) is 0 Å². The number of piperidine rings is 1. The molecule has 3 atom stereocenters. The van der Waals surface area contributed by atoms with E-state index in [1.54, 1.807) is 18.2 Å². The molecule has 1 heterocycles. The maximum absolute atomic E-state index is 12.6. The summed E-state index contributed by atoms with van der Waals surface area (Å²) in [6.45, 7) is 0. The van der Waals surface area contributed by atoms with Crippen molar-refractivity contribution in [2.75, 3.05) is 0 Å². The Bertz CT molecular complexity index is 517. The van der Waals surface area contributed by atoms with Crippen molar-refractivity contribution < 1.29 is 4.79 Å². The SMILES string of the molecule is O=C(c1cc(Cl)ccc1Cl)C1CCC2CCCCC2N1. The van der Waals surface area contributed by atoms with Crippen molar-refractivity contribution in [3.05, 3.63) is 33.8 Å². The number of fused-ring (bicyclic) bond motifs is 1. The van der Waals surface area contributed by atoms with Gasteiger partial charge >= 0.3 is 0 Å². The van der Waals surface area contributed by atoms with Crippen LogP contribution in [0.2, 0.25) is 10.0 Å². The Hall–Kier alpha value is -0.570. The zero-order valence-corrected chi connectivity index (χ0v) is 12.9. The lowest BCUT2D eigenvalue weighted by molar-refractivity contribution is 0.0861. The van der Waals surface area contributed by atoms with Crippen LogP contribution in [0.25, 0.3) is 0 Å². The van der Waals surface area contributed by atoms with E-state index in [4.69, 9.17) is 23.2 Å². The quantitative estimate of drug-likeness (QED) is 0.815. The fourth-order valence-electron chi connectivity index (χ4n) is 3.58. The third kappa shape index (κ3) is 2.88. The van der Waals surface area contributed by atoms with E-state index in [0.717, 1.165) is 18.8 Å². The lowest BCUT2D eigenvalue weighted by atomic mass is 9.77. The fourth-order valence-corrected chi connectivity index (χ4v) is 3.96.